The predicted octanol–water partition coefficient (Wildman–Crippen LogP) is 4.25. The van der Waals surface area contributed by atoms with E-state index < -0.39 is 0 Å². The molecule has 3 unspecified atom stereocenters. The molecule has 0 spiro atoms. The van der Waals surface area contributed by atoms with Crippen molar-refractivity contribution in [3.05, 3.63) is 46.5 Å². The molecule has 5 rings (SSSR count). The first kappa shape index (κ1) is 11.7. The van der Waals surface area contributed by atoms with Crippen molar-refractivity contribution in [3.8, 4) is 0 Å². The van der Waals surface area contributed by atoms with E-state index in [0.717, 1.165) is 5.92 Å². The maximum absolute atomic E-state index is 6.40. The molecule has 1 heteroatoms. The second kappa shape index (κ2) is 4.49. The Kier molecular flexibility index (Phi) is 2.77. The second-order valence-electron chi connectivity index (χ2n) is 6.56. The van der Waals surface area contributed by atoms with Crippen LogP contribution in [0, 0.1) is 0 Å². The molecule has 0 heterocycles. The van der Waals surface area contributed by atoms with Gasteiger partial charge in [0.05, 0.1) is 0 Å². The third-order valence-electron chi connectivity index (χ3n) is 5.57. The third kappa shape index (κ3) is 1.79. The third-order valence-corrected chi connectivity index (χ3v) is 5.57. The van der Waals surface area contributed by atoms with Gasteiger partial charge in [0.15, 0.2) is 0 Å². The molecule has 100 valence electrons. The quantitative estimate of drug-likeness (QED) is 0.687. The normalized spacial score (nSPS) is 37.2. The fourth-order valence-electron chi connectivity index (χ4n) is 4.65. The molecule has 2 saturated carbocycles. The summed E-state index contributed by atoms with van der Waals surface area (Å²) >= 11 is 0. The number of fused-ring (bicyclic) bond motifs is 2. The van der Waals surface area contributed by atoms with Crippen LogP contribution in [-0.4, -0.2) is 6.04 Å². The highest BCUT2D eigenvalue weighted by Gasteiger charge is 2.38. The van der Waals surface area contributed by atoms with Gasteiger partial charge in [-0.1, -0.05) is 41.8 Å². The van der Waals surface area contributed by atoms with Gasteiger partial charge in [-0.15, -0.1) is 0 Å². The zero-order valence-electron chi connectivity index (χ0n) is 11.6. The van der Waals surface area contributed by atoms with Crippen molar-refractivity contribution in [1.29, 1.82) is 0 Å². The Morgan fingerprint density at radius 2 is 1.74 bits per heavy atom. The molecule has 1 aromatic rings. The second-order valence-corrected chi connectivity index (χ2v) is 6.56. The van der Waals surface area contributed by atoms with Crippen LogP contribution < -0.4 is 5.73 Å². The fourth-order valence-corrected chi connectivity index (χ4v) is 4.65. The topological polar surface area (TPSA) is 26.0 Å². The lowest BCUT2D eigenvalue weighted by molar-refractivity contribution is 0.420. The number of hydrogen-bond acceptors (Lipinski definition) is 1. The average molecular weight is 253 g/mol. The van der Waals surface area contributed by atoms with Gasteiger partial charge < -0.3 is 5.73 Å². The summed E-state index contributed by atoms with van der Waals surface area (Å²) in [4.78, 5) is 0. The van der Waals surface area contributed by atoms with E-state index >= 15 is 0 Å². The number of nitrogens with two attached hydrogens (primary N) is 1. The summed E-state index contributed by atoms with van der Waals surface area (Å²) < 4.78 is 0. The Balaban J connectivity index is 1.80. The summed E-state index contributed by atoms with van der Waals surface area (Å²) in [5.74, 6) is 1.47. The highest BCUT2D eigenvalue weighted by Crippen LogP contribution is 2.53. The molecule has 1 aromatic carbocycles. The first-order valence-corrected chi connectivity index (χ1v) is 7.91. The summed E-state index contributed by atoms with van der Waals surface area (Å²) in [6, 6.07) is 9.49. The van der Waals surface area contributed by atoms with Gasteiger partial charge in [0.2, 0.25) is 0 Å². The summed E-state index contributed by atoms with van der Waals surface area (Å²) in [6.45, 7) is 0. The molecule has 0 radical (unpaired) electrons. The molecule has 2 bridgehead atoms. The van der Waals surface area contributed by atoms with Gasteiger partial charge in [0.25, 0.3) is 0 Å². The van der Waals surface area contributed by atoms with Gasteiger partial charge in [-0.3, -0.25) is 0 Å². The largest absolute Gasteiger partial charge is 0.324 e. The molecule has 0 aliphatic heterocycles. The van der Waals surface area contributed by atoms with Crippen LogP contribution in [0.3, 0.4) is 0 Å². The van der Waals surface area contributed by atoms with Crippen molar-refractivity contribution >= 4 is 0 Å². The van der Waals surface area contributed by atoms with Crippen molar-refractivity contribution in [3.63, 3.8) is 0 Å². The van der Waals surface area contributed by atoms with Crippen molar-refractivity contribution in [2.24, 2.45) is 5.73 Å². The Hall–Kier alpha value is -1.08. The molecule has 2 N–H and O–H groups in total. The molecule has 19 heavy (non-hydrogen) atoms. The highest BCUT2D eigenvalue weighted by atomic mass is 14.6. The average Bonchev–Trinajstić information content (AvgIpc) is 2.48. The molecule has 0 aromatic heterocycles. The minimum atomic E-state index is 0.357. The standard InChI is InChI=1S/C18H23N/c19-18-8-4-3-7-16(18)17-11-12-9-10-15(17)14-6-2-1-5-13(12)14/h1-2,5-6,12,15,18H,3-4,7-11,19H2/b17-16-. The van der Waals surface area contributed by atoms with Gasteiger partial charge in [-0.2, -0.15) is 0 Å². The van der Waals surface area contributed by atoms with E-state index in [2.05, 4.69) is 24.3 Å². The van der Waals surface area contributed by atoms with Gasteiger partial charge in [0, 0.05) is 12.0 Å². The summed E-state index contributed by atoms with van der Waals surface area (Å²) in [6.07, 6.45) is 9.18. The first-order chi connectivity index (χ1) is 9.34. The lowest BCUT2D eigenvalue weighted by Crippen LogP contribution is -2.32. The van der Waals surface area contributed by atoms with E-state index in [1.54, 1.807) is 22.3 Å². The van der Waals surface area contributed by atoms with Crippen molar-refractivity contribution in [2.75, 3.05) is 0 Å². The molecular formula is C18H23N. The Bertz CT molecular complexity index is 528. The monoisotopic (exact) mass is 253 g/mol. The van der Waals surface area contributed by atoms with Crippen molar-refractivity contribution in [2.45, 2.75) is 62.8 Å². The van der Waals surface area contributed by atoms with Crippen LogP contribution in [0.15, 0.2) is 35.4 Å². The van der Waals surface area contributed by atoms with Crippen LogP contribution in [0.1, 0.15) is 67.9 Å². The summed E-state index contributed by atoms with van der Waals surface area (Å²) in [5, 5.41) is 0. The van der Waals surface area contributed by atoms with Crippen LogP contribution >= 0.6 is 0 Å². The fraction of sp³-hybridized carbons (Fsp3) is 0.556. The Labute approximate surface area is 115 Å². The molecule has 2 fully saturated rings. The zero-order chi connectivity index (χ0) is 12.8. The van der Waals surface area contributed by atoms with E-state index in [1.807, 2.05) is 0 Å². The van der Waals surface area contributed by atoms with Gasteiger partial charge in [0.1, 0.15) is 0 Å². The van der Waals surface area contributed by atoms with Crippen LogP contribution in [-0.2, 0) is 0 Å². The molecule has 1 nitrogen and oxygen atoms in total. The number of allylic oxidation sites excluding steroid dienone is 1. The number of rotatable bonds is 0. The Morgan fingerprint density at radius 1 is 0.895 bits per heavy atom. The lowest BCUT2D eigenvalue weighted by atomic mass is 9.62. The van der Waals surface area contributed by atoms with E-state index in [-0.39, 0.29) is 0 Å². The van der Waals surface area contributed by atoms with Crippen molar-refractivity contribution in [1.82, 2.24) is 0 Å². The molecule has 0 amide bonds. The smallest absolute Gasteiger partial charge is 0.0256 e. The minimum absolute atomic E-state index is 0.357. The van der Waals surface area contributed by atoms with Gasteiger partial charge in [-0.05, 0) is 55.6 Å². The number of benzene rings is 1. The number of hydrogen-bond donors (Lipinski definition) is 1. The lowest BCUT2D eigenvalue weighted by Gasteiger charge is -2.43. The molecule has 4 aliphatic rings. The molecule has 3 atom stereocenters. The summed E-state index contributed by atoms with van der Waals surface area (Å²) in [7, 11) is 0. The zero-order valence-corrected chi connectivity index (χ0v) is 11.6. The SMILES string of the molecule is NC1CCCC/C1=C1\CC2CCC1c1ccccc12. The van der Waals surface area contributed by atoms with Gasteiger partial charge >= 0.3 is 0 Å². The molecule has 4 aliphatic carbocycles. The molecular weight excluding hydrogens is 230 g/mol. The van der Waals surface area contributed by atoms with E-state index in [4.69, 9.17) is 5.73 Å². The van der Waals surface area contributed by atoms with Crippen LogP contribution in [0.25, 0.3) is 0 Å². The first-order valence-electron chi connectivity index (χ1n) is 7.91. The maximum atomic E-state index is 6.40. The van der Waals surface area contributed by atoms with Crippen LogP contribution in [0.4, 0.5) is 0 Å². The molecule has 0 saturated heterocycles. The van der Waals surface area contributed by atoms with Crippen LogP contribution in [0.2, 0.25) is 0 Å². The van der Waals surface area contributed by atoms with Gasteiger partial charge in [-0.25, -0.2) is 0 Å². The minimum Gasteiger partial charge on any atom is -0.324 e. The van der Waals surface area contributed by atoms with E-state index in [0.29, 0.717) is 12.0 Å². The van der Waals surface area contributed by atoms with E-state index in [9.17, 15) is 0 Å². The predicted molar refractivity (Wildman–Crippen MR) is 79.2 cm³/mol. The van der Waals surface area contributed by atoms with Crippen molar-refractivity contribution < 1.29 is 0 Å². The maximum Gasteiger partial charge on any atom is 0.0256 e. The highest BCUT2D eigenvalue weighted by molar-refractivity contribution is 5.47. The van der Waals surface area contributed by atoms with Crippen LogP contribution in [0.5, 0.6) is 0 Å². The van der Waals surface area contributed by atoms with E-state index in [1.165, 1.54) is 44.9 Å². The Morgan fingerprint density at radius 3 is 2.58 bits per heavy atom. The summed E-state index contributed by atoms with van der Waals surface area (Å²) in [5.41, 5.74) is 13.0.